The molecule has 0 spiro atoms. The third-order valence-corrected chi connectivity index (χ3v) is 2.98. The maximum absolute atomic E-state index is 13.5. The van der Waals surface area contributed by atoms with E-state index in [2.05, 4.69) is 0 Å². The summed E-state index contributed by atoms with van der Waals surface area (Å²) >= 11 is 0. The molecule has 1 aliphatic heterocycles. The van der Waals surface area contributed by atoms with Crippen LogP contribution in [0.3, 0.4) is 0 Å². The van der Waals surface area contributed by atoms with Gasteiger partial charge in [-0.2, -0.15) is 0 Å². The van der Waals surface area contributed by atoms with Gasteiger partial charge < -0.3 is 20.3 Å². The number of carbonyl (C=O) groups is 1. The molecule has 0 saturated carbocycles. The van der Waals surface area contributed by atoms with Crippen LogP contribution in [0.15, 0.2) is 12.1 Å². The Bertz CT molecular complexity index is 528. The van der Waals surface area contributed by atoms with E-state index in [0.717, 1.165) is 6.92 Å². The van der Waals surface area contributed by atoms with Gasteiger partial charge in [0.05, 0.1) is 0 Å². The van der Waals surface area contributed by atoms with E-state index < -0.39 is 17.9 Å². The highest BCUT2D eigenvalue weighted by Crippen LogP contribution is 2.40. The van der Waals surface area contributed by atoms with Crippen LogP contribution in [0, 0.1) is 0 Å². The van der Waals surface area contributed by atoms with Gasteiger partial charge in [0.25, 0.3) is 5.92 Å². The van der Waals surface area contributed by atoms with Crippen molar-refractivity contribution in [1.29, 1.82) is 0 Å². The number of halogens is 2. The first kappa shape index (κ1) is 14.5. The molecule has 7 heteroatoms. The van der Waals surface area contributed by atoms with Crippen LogP contribution in [0.1, 0.15) is 18.1 Å². The molecule has 0 radical (unpaired) electrons. The normalized spacial score (nSPS) is 15.8. The number of benzene rings is 1. The molecule has 0 bridgehead atoms. The van der Waals surface area contributed by atoms with Crippen molar-refractivity contribution in [1.82, 2.24) is 0 Å². The smallest absolute Gasteiger partial charge is 0.320 e. The number of carboxylic acid groups (broad SMARTS) is 1. The molecule has 0 aromatic heterocycles. The number of rotatable bonds is 4. The third kappa shape index (κ3) is 2.98. The summed E-state index contributed by atoms with van der Waals surface area (Å²) in [5.41, 5.74) is 5.52. The van der Waals surface area contributed by atoms with Gasteiger partial charge in [-0.3, -0.25) is 4.79 Å². The zero-order chi connectivity index (χ0) is 14.9. The molecule has 1 aromatic rings. The second-order valence-electron chi connectivity index (χ2n) is 4.70. The van der Waals surface area contributed by atoms with Gasteiger partial charge in [-0.1, -0.05) is 0 Å². The third-order valence-electron chi connectivity index (χ3n) is 2.98. The number of aliphatic carboxylic acids is 1. The van der Waals surface area contributed by atoms with Crippen molar-refractivity contribution >= 4 is 5.97 Å². The predicted octanol–water partition coefficient (Wildman–Crippen LogP) is 1.52. The van der Waals surface area contributed by atoms with Crippen LogP contribution < -0.4 is 15.2 Å². The van der Waals surface area contributed by atoms with Gasteiger partial charge >= 0.3 is 5.97 Å². The zero-order valence-corrected chi connectivity index (χ0v) is 10.9. The van der Waals surface area contributed by atoms with Crippen LogP contribution >= 0.6 is 0 Å². The summed E-state index contributed by atoms with van der Waals surface area (Å²) < 4.78 is 37.6. The quantitative estimate of drug-likeness (QED) is 0.877. The average molecular weight is 287 g/mol. The van der Waals surface area contributed by atoms with E-state index in [1.807, 2.05) is 0 Å². The summed E-state index contributed by atoms with van der Waals surface area (Å²) in [5, 5.41) is 8.83. The molecular weight excluding hydrogens is 272 g/mol. The highest BCUT2D eigenvalue weighted by molar-refractivity contribution is 5.74. The van der Waals surface area contributed by atoms with Gasteiger partial charge in [0.1, 0.15) is 19.3 Å². The zero-order valence-electron chi connectivity index (χ0n) is 10.9. The van der Waals surface area contributed by atoms with Gasteiger partial charge in [-0.05, 0) is 12.1 Å². The summed E-state index contributed by atoms with van der Waals surface area (Å²) in [6.45, 7) is 1.31. The summed E-state index contributed by atoms with van der Waals surface area (Å²) in [6, 6.07) is 1.24. The van der Waals surface area contributed by atoms with Crippen LogP contribution in [0.4, 0.5) is 8.78 Å². The molecule has 0 saturated heterocycles. The fourth-order valence-electron chi connectivity index (χ4n) is 1.96. The molecule has 2 rings (SSSR count). The summed E-state index contributed by atoms with van der Waals surface area (Å²) in [5.74, 6) is -3.77. The van der Waals surface area contributed by atoms with E-state index in [4.69, 9.17) is 20.3 Å². The second-order valence-corrected chi connectivity index (χ2v) is 4.70. The van der Waals surface area contributed by atoms with Crippen molar-refractivity contribution in [3.05, 3.63) is 23.3 Å². The molecule has 0 amide bonds. The van der Waals surface area contributed by atoms with E-state index in [1.165, 1.54) is 12.1 Å². The fourth-order valence-corrected chi connectivity index (χ4v) is 1.96. The minimum Gasteiger partial charge on any atom is -0.486 e. The van der Waals surface area contributed by atoms with E-state index in [9.17, 15) is 13.6 Å². The molecule has 1 atom stereocenters. The van der Waals surface area contributed by atoms with Crippen LogP contribution in [-0.2, 0) is 17.1 Å². The van der Waals surface area contributed by atoms with Crippen molar-refractivity contribution in [2.24, 2.45) is 5.73 Å². The van der Waals surface area contributed by atoms with Crippen molar-refractivity contribution < 1.29 is 28.2 Å². The van der Waals surface area contributed by atoms with Gasteiger partial charge in [0.15, 0.2) is 11.5 Å². The Morgan fingerprint density at radius 2 is 2.10 bits per heavy atom. The Kier molecular flexibility index (Phi) is 3.80. The lowest BCUT2D eigenvalue weighted by molar-refractivity contribution is -0.138. The van der Waals surface area contributed by atoms with Crippen molar-refractivity contribution in [2.75, 3.05) is 13.2 Å². The predicted molar refractivity (Wildman–Crippen MR) is 66.3 cm³/mol. The van der Waals surface area contributed by atoms with Gasteiger partial charge in [-0.15, -0.1) is 0 Å². The maximum atomic E-state index is 13.5. The number of hydrogen-bond acceptors (Lipinski definition) is 4. The van der Waals surface area contributed by atoms with Crippen LogP contribution in [0.5, 0.6) is 11.5 Å². The molecule has 110 valence electrons. The molecule has 0 fully saturated rings. The van der Waals surface area contributed by atoms with Crippen molar-refractivity contribution in [2.45, 2.75) is 25.3 Å². The molecule has 3 N–H and O–H groups in total. The summed E-state index contributed by atoms with van der Waals surface area (Å²) in [6.07, 6.45) is -0.106. The van der Waals surface area contributed by atoms with Crippen LogP contribution in [0.2, 0.25) is 0 Å². The molecule has 0 aliphatic carbocycles. The van der Waals surface area contributed by atoms with Gasteiger partial charge in [-0.25, -0.2) is 8.78 Å². The number of hydrogen-bond donors (Lipinski definition) is 2. The Morgan fingerprint density at radius 1 is 1.45 bits per heavy atom. The molecular formula is C13H15F2NO4. The highest BCUT2D eigenvalue weighted by atomic mass is 19.3. The lowest BCUT2D eigenvalue weighted by Crippen LogP contribution is -2.33. The van der Waals surface area contributed by atoms with E-state index >= 15 is 0 Å². The monoisotopic (exact) mass is 287 g/mol. The van der Waals surface area contributed by atoms with E-state index in [-0.39, 0.29) is 30.9 Å². The number of fused-ring (bicyclic) bond motifs is 1. The maximum Gasteiger partial charge on any atom is 0.320 e. The molecule has 1 unspecified atom stereocenters. The Hall–Kier alpha value is -1.89. The van der Waals surface area contributed by atoms with Gasteiger partial charge in [0, 0.05) is 24.5 Å². The van der Waals surface area contributed by atoms with Crippen LogP contribution in [-0.4, -0.2) is 30.3 Å². The summed E-state index contributed by atoms with van der Waals surface area (Å²) in [7, 11) is 0. The lowest BCUT2D eigenvalue weighted by Gasteiger charge is -2.24. The molecule has 1 aromatic carbocycles. The van der Waals surface area contributed by atoms with Gasteiger partial charge in [0.2, 0.25) is 0 Å². The van der Waals surface area contributed by atoms with E-state index in [0.29, 0.717) is 11.3 Å². The number of carboxylic acids is 1. The first-order valence-electron chi connectivity index (χ1n) is 6.08. The second kappa shape index (κ2) is 5.24. The minimum atomic E-state index is -3.06. The number of nitrogens with two attached hydrogens (primary N) is 1. The Labute approximate surface area is 114 Å². The molecule has 20 heavy (non-hydrogen) atoms. The largest absolute Gasteiger partial charge is 0.486 e. The lowest BCUT2D eigenvalue weighted by atomic mass is 9.99. The highest BCUT2D eigenvalue weighted by Gasteiger charge is 2.29. The van der Waals surface area contributed by atoms with Crippen molar-refractivity contribution in [3.8, 4) is 11.5 Å². The minimum absolute atomic E-state index is 0.106. The van der Waals surface area contributed by atoms with Crippen LogP contribution in [0.25, 0.3) is 0 Å². The first-order chi connectivity index (χ1) is 9.29. The summed E-state index contributed by atoms with van der Waals surface area (Å²) in [4.78, 5) is 10.8. The SMILES string of the molecule is CC(F)(F)c1cc(CC(N)C(=O)O)c2c(c1)OCCO2. The average Bonchev–Trinajstić information content (AvgIpc) is 2.37. The molecule has 1 aliphatic rings. The fraction of sp³-hybridized carbons (Fsp3) is 0.462. The van der Waals surface area contributed by atoms with E-state index in [1.54, 1.807) is 0 Å². The Balaban J connectivity index is 2.44. The molecule has 5 nitrogen and oxygen atoms in total. The molecule has 1 heterocycles. The van der Waals surface area contributed by atoms with Crippen molar-refractivity contribution in [3.63, 3.8) is 0 Å². The topological polar surface area (TPSA) is 81.8 Å². The Morgan fingerprint density at radius 3 is 2.70 bits per heavy atom. The number of alkyl halides is 2. The standard InChI is InChI=1S/C13H15F2NO4/c1-13(14,15)8-4-7(5-9(16)12(17)18)11-10(6-8)19-2-3-20-11/h4,6,9H,2-3,5,16H2,1H3,(H,17,18). The number of ether oxygens (including phenoxy) is 2. The first-order valence-corrected chi connectivity index (χ1v) is 6.08.